The molecule has 0 saturated carbocycles. The summed E-state index contributed by atoms with van der Waals surface area (Å²) in [6, 6.07) is 0.00000283. The maximum Gasteiger partial charge on any atom is 0.272 e. The summed E-state index contributed by atoms with van der Waals surface area (Å²) in [4.78, 5) is 12.3. The van der Waals surface area contributed by atoms with Crippen LogP contribution in [0.5, 0.6) is 0 Å². The molecule has 1 fully saturated rings. The second-order valence-electron chi connectivity index (χ2n) is 5.10. The van der Waals surface area contributed by atoms with Gasteiger partial charge in [0.25, 0.3) is 5.91 Å². The fourth-order valence-corrected chi connectivity index (χ4v) is 2.85. The zero-order valence-corrected chi connectivity index (χ0v) is 11.1. The van der Waals surface area contributed by atoms with Crippen LogP contribution in [0.15, 0.2) is 0 Å². The second-order valence-corrected chi connectivity index (χ2v) is 5.10. The van der Waals surface area contributed by atoms with Crippen molar-refractivity contribution in [3.05, 3.63) is 17.0 Å². The van der Waals surface area contributed by atoms with Crippen LogP contribution in [-0.4, -0.2) is 48.6 Å². The maximum absolute atomic E-state index is 12.3. The fourth-order valence-electron chi connectivity index (χ4n) is 2.85. The van der Waals surface area contributed by atoms with Crippen molar-refractivity contribution in [3.63, 3.8) is 0 Å². The lowest BCUT2D eigenvalue weighted by atomic mass is 10.1. The minimum atomic E-state index is -0.103. The molecular weight excluding hydrogens is 246 g/mol. The number of nitrogens with one attached hydrogen (secondary N) is 2. The van der Waals surface area contributed by atoms with Crippen molar-refractivity contribution in [3.8, 4) is 0 Å². The van der Waals surface area contributed by atoms with E-state index < -0.39 is 0 Å². The summed E-state index contributed by atoms with van der Waals surface area (Å²) in [5.74, 6) is -0.103. The van der Waals surface area contributed by atoms with E-state index in [1.165, 1.54) is 0 Å². The highest BCUT2D eigenvalue weighted by molar-refractivity contribution is 5.94. The van der Waals surface area contributed by atoms with Gasteiger partial charge in [-0.05, 0) is 25.7 Å². The number of methoxy groups -OCH3 is 1. The summed E-state index contributed by atoms with van der Waals surface area (Å²) in [6.45, 7) is 1.18. The Kier molecular flexibility index (Phi) is 3.52. The van der Waals surface area contributed by atoms with E-state index in [1.54, 1.807) is 7.11 Å². The standard InChI is InChI=1S/C13H19N3O3/c1-18-11-7-19-6-5-10(11)14-13(17)12-8-3-2-4-9(8)15-16-12/h10-11H,2-7H2,1H3,(H,14,17)(H,15,16). The van der Waals surface area contributed by atoms with Crippen molar-refractivity contribution >= 4 is 5.91 Å². The van der Waals surface area contributed by atoms with Gasteiger partial charge in [0.05, 0.1) is 12.6 Å². The highest BCUT2D eigenvalue weighted by Crippen LogP contribution is 2.23. The molecule has 1 aliphatic heterocycles. The van der Waals surface area contributed by atoms with Crippen molar-refractivity contribution in [2.45, 2.75) is 37.8 Å². The lowest BCUT2D eigenvalue weighted by molar-refractivity contribution is -0.0479. The summed E-state index contributed by atoms with van der Waals surface area (Å²) in [6.07, 6.45) is 3.73. The third-order valence-corrected chi connectivity index (χ3v) is 3.94. The molecule has 0 bridgehead atoms. The van der Waals surface area contributed by atoms with Gasteiger partial charge in [0.1, 0.15) is 6.10 Å². The number of hydrogen-bond donors (Lipinski definition) is 2. The van der Waals surface area contributed by atoms with Gasteiger partial charge in [-0.2, -0.15) is 5.10 Å². The summed E-state index contributed by atoms with van der Waals surface area (Å²) in [5, 5.41) is 10.1. The predicted molar refractivity (Wildman–Crippen MR) is 68.1 cm³/mol. The molecule has 2 unspecified atom stereocenters. The van der Waals surface area contributed by atoms with Crippen LogP contribution in [0.4, 0.5) is 0 Å². The summed E-state index contributed by atoms with van der Waals surface area (Å²) in [5.41, 5.74) is 2.74. The number of aryl methyl sites for hydroxylation is 1. The molecular formula is C13H19N3O3. The molecule has 0 radical (unpaired) electrons. The zero-order valence-electron chi connectivity index (χ0n) is 11.1. The van der Waals surface area contributed by atoms with E-state index >= 15 is 0 Å². The Hall–Kier alpha value is -1.40. The van der Waals surface area contributed by atoms with Crippen molar-refractivity contribution in [1.29, 1.82) is 0 Å². The van der Waals surface area contributed by atoms with Crippen molar-refractivity contribution in [2.24, 2.45) is 0 Å². The fraction of sp³-hybridized carbons (Fsp3) is 0.692. The van der Waals surface area contributed by atoms with Crippen LogP contribution >= 0.6 is 0 Å². The number of aromatic amines is 1. The first-order valence-electron chi connectivity index (χ1n) is 6.77. The van der Waals surface area contributed by atoms with Gasteiger partial charge in [-0.3, -0.25) is 9.89 Å². The van der Waals surface area contributed by atoms with E-state index in [4.69, 9.17) is 9.47 Å². The predicted octanol–water partition coefficient (Wildman–Crippen LogP) is 0.432. The average molecular weight is 265 g/mol. The van der Waals surface area contributed by atoms with Crippen LogP contribution in [0.25, 0.3) is 0 Å². The van der Waals surface area contributed by atoms with Gasteiger partial charge in [0.2, 0.25) is 0 Å². The van der Waals surface area contributed by atoms with Gasteiger partial charge in [-0.1, -0.05) is 0 Å². The van der Waals surface area contributed by atoms with Gasteiger partial charge in [-0.25, -0.2) is 0 Å². The van der Waals surface area contributed by atoms with Crippen LogP contribution in [-0.2, 0) is 22.3 Å². The molecule has 19 heavy (non-hydrogen) atoms. The molecule has 104 valence electrons. The third kappa shape index (κ3) is 2.37. The Morgan fingerprint density at radius 3 is 3.26 bits per heavy atom. The van der Waals surface area contributed by atoms with E-state index in [-0.39, 0.29) is 18.1 Å². The molecule has 0 aromatic carbocycles. The molecule has 2 heterocycles. The van der Waals surface area contributed by atoms with Gasteiger partial charge in [0.15, 0.2) is 5.69 Å². The number of ether oxygens (including phenoxy) is 2. The normalized spacial score (nSPS) is 26.2. The molecule has 1 aromatic rings. The molecule has 1 aliphatic carbocycles. The van der Waals surface area contributed by atoms with E-state index in [1.807, 2.05) is 0 Å². The number of carbonyl (C=O) groups is 1. The Labute approximate surface area is 111 Å². The van der Waals surface area contributed by atoms with E-state index in [0.29, 0.717) is 18.9 Å². The molecule has 6 heteroatoms. The molecule has 0 spiro atoms. The molecule has 1 saturated heterocycles. The summed E-state index contributed by atoms with van der Waals surface area (Å²) >= 11 is 0. The first-order chi connectivity index (χ1) is 9.29. The van der Waals surface area contributed by atoms with Crippen molar-refractivity contribution in [2.75, 3.05) is 20.3 Å². The number of fused-ring (bicyclic) bond motifs is 1. The maximum atomic E-state index is 12.3. The molecule has 3 rings (SSSR count). The minimum Gasteiger partial charge on any atom is -0.379 e. The van der Waals surface area contributed by atoms with Gasteiger partial charge in [-0.15, -0.1) is 0 Å². The SMILES string of the molecule is COC1COCCC1NC(=O)c1n[nH]c2c1CCC2. The molecule has 2 atom stereocenters. The van der Waals surface area contributed by atoms with Crippen molar-refractivity contribution < 1.29 is 14.3 Å². The van der Waals surface area contributed by atoms with Gasteiger partial charge < -0.3 is 14.8 Å². The number of aromatic nitrogens is 2. The van der Waals surface area contributed by atoms with Gasteiger partial charge in [0, 0.05) is 25.0 Å². The Balaban J connectivity index is 1.70. The number of carbonyl (C=O) groups excluding carboxylic acids is 1. The largest absolute Gasteiger partial charge is 0.379 e. The molecule has 2 aliphatic rings. The number of nitrogens with zero attached hydrogens (tertiary/aromatic N) is 1. The lowest BCUT2D eigenvalue weighted by Crippen LogP contribution is -2.49. The molecule has 2 N–H and O–H groups in total. The van der Waals surface area contributed by atoms with Crippen LogP contribution in [0.1, 0.15) is 34.6 Å². The van der Waals surface area contributed by atoms with Crippen LogP contribution in [0.2, 0.25) is 0 Å². The van der Waals surface area contributed by atoms with Crippen LogP contribution in [0, 0.1) is 0 Å². The summed E-state index contributed by atoms with van der Waals surface area (Å²) < 4.78 is 10.7. The van der Waals surface area contributed by atoms with Gasteiger partial charge >= 0.3 is 0 Å². The quantitative estimate of drug-likeness (QED) is 0.831. The number of rotatable bonds is 3. The Bertz CT molecular complexity index is 472. The van der Waals surface area contributed by atoms with E-state index in [9.17, 15) is 4.79 Å². The Morgan fingerprint density at radius 1 is 1.53 bits per heavy atom. The highest BCUT2D eigenvalue weighted by Gasteiger charge is 2.30. The molecule has 6 nitrogen and oxygen atoms in total. The van der Waals surface area contributed by atoms with Crippen molar-refractivity contribution in [1.82, 2.24) is 15.5 Å². The first kappa shape index (κ1) is 12.6. The first-order valence-corrected chi connectivity index (χ1v) is 6.77. The van der Waals surface area contributed by atoms with E-state index in [2.05, 4.69) is 15.5 Å². The number of hydrogen-bond acceptors (Lipinski definition) is 4. The monoisotopic (exact) mass is 265 g/mol. The Morgan fingerprint density at radius 2 is 2.42 bits per heavy atom. The second kappa shape index (κ2) is 5.30. The lowest BCUT2D eigenvalue weighted by Gasteiger charge is -2.30. The molecule has 1 amide bonds. The molecule has 1 aromatic heterocycles. The van der Waals surface area contributed by atoms with Crippen LogP contribution in [0.3, 0.4) is 0 Å². The third-order valence-electron chi connectivity index (χ3n) is 3.94. The zero-order chi connectivity index (χ0) is 13.2. The number of amides is 1. The minimum absolute atomic E-state index is 0.00000283. The topological polar surface area (TPSA) is 76.2 Å². The van der Waals surface area contributed by atoms with Crippen LogP contribution < -0.4 is 5.32 Å². The summed E-state index contributed by atoms with van der Waals surface area (Å²) in [7, 11) is 1.64. The highest BCUT2D eigenvalue weighted by atomic mass is 16.5. The average Bonchev–Trinajstić information content (AvgIpc) is 3.01. The van der Waals surface area contributed by atoms with E-state index in [0.717, 1.165) is 36.9 Å². The number of H-pyrrole nitrogens is 1. The smallest absolute Gasteiger partial charge is 0.272 e.